The van der Waals surface area contributed by atoms with Gasteiger partial charge in [0.15, 0.2) is 5.58 Å². The molecule has 0 bridgehead atoms. The normalized spacial score (nSPS) is 19.9. The third-order valence-electron chi connectivity index (χ3n) is 6.09. The highest BCUT2D eigenvalue weighted by Gasteiger charge is 2.28. The number of hydrogen-bond acceptors (Lipinski definition) is 7. The van der Waals surface area contributed by atoms with Crippen molar-refractivity contribution < 1.29 is 18.7 Å². The molecule has 4 rings (SSSR count). The number of nitrogens with zero attached hydrogens (tertiary/aromatic N) is 3. The molecule has 0 spiro atoms. The number of aryl methyl sites for hydroxylation is 1. The number of rotatable bonds is 6. The molecule has 1 N–H and O–H groups in total. The van der Waals surface area contributed by atoms with Crippen LogP contribution in [0.3, 0.4) is 0 Å². The number of fused-ring (bicyclic) bond motifs is 1. The van der Waals surface area contributed by atoms with E-state index in [1.807, 2.05) is 48.3 Å². The Morgan fingerprint density at radius 2 is 1.94 bits per heavy atom. The second kappa shape index (κ2) is 10.2. The minimum absolute atomic E-state index is 0.0906. The molecule has 0 saturated carbocycles. The molecule has 1 aliphatic rings. The lowest BCUT2D eigenvalue weighted by Gasteiger charge is -2.20. The Hall–Kier alpha value is -3.45. The van der Waals surface area contributed by atoms with Crippen LogP contribution in [-0.2, 0) is 27.7 Å². The number of methoxy groups -OCH3 is 1. The minimum atomic E-state index is -0.675. The number of oxazole rings is 1. The van der Waals surface area contributed by atoms with Crippen LogP contribution in [0.5, 0.6) is 0 Å². The van der Waals surface area contributed by atoms with Crippen LogP contribution in [0.25, 0.3) is 22.2 Å². The van der Waals surface area contributed by atoms with E-state index >= 15 is 0 Å². The fourth-order valence-corrected chi connectivity index (χ4v) is 4.10. The largest absolute Gasteiger partial charge is 0.419 e. The van der Waals surface area contributed by atoms with Crippen LogP contribution in [0, 0.1) is 11.3 Å². The lowest BCUT2D eigenvalue weighted by Crippen LogP contribution is -2.46. The molecule has 2 aromatic carbocycles. The summed E-state index contributed by atoms with van der Waals surface area (Å²) in [6, 6.07) is 14.9. The summed E-state index contributed by atoms with van der Waals surface area (Å²) in [6.45, 7) is 1.44. The summed E-state index contributed by atoms with van der Waals surface area (Å²) in [6.07, 6.45) is -0.370. The number of nitriles is 1. The molecule has 1 aliphatic heterocycles. The van der Waals surface area contributed by atoms with Gasteiger partial charge in [-0.15, -0.1) is 0 Å². The molecule has 9 heteroatoms. The van der Waals surface area contributed by atoms with E-state index in [1.54, 1.807) is 20.2 Å². The number of nitrogens with one attached hydrogen (secondary N) is 1. The van der Waals surface area contributed by atoms with Crippen LogP contribution >= 0.6 is 0 Å². The Kier molecular flexibility index (Phi) is 7.12. The maximum atomic E-state index is 12.7. The summed E-state index contributed by atoms with van der Waals surface area (Å²) < 4.78 is 17.7. The zero-order chi connectivity index (χ0) is 24.2. The van der Waals surface area contributed by atoms with Crippen molar-refractivity contribution in [1.82, 2.24) is 14.8 Å². The first-order valence-corrected chi connectivity index (χ1v) is 11.1. The van der Waals surface area contributed by atoms with Crippen LogP contribution < -0.4 is 11.1 Å². The van der Waals surface area contributed by atoms with Gasteiger partial charge < -0.3 is 24.1 Å². The molecule has 0 unspecified atom stereocenters. The zero-order valence-electron chi connectivity index (χ0n) is 19.5. The lowest BCUT2D eigenvalue weighted by atomic mass is 10.0. The number of carbonyl (C=O) groups is 1. The number of amides is 1. The third-order valence-corrected chi connectivity index (χ3v) is 6.09. The predicted octanol–water partition coefficient (Wildman–Crippen LogP) is 1.69. The number of hydrogen-bond donors (Lipinski definition) is 1. The van der Waals surface area contributed by atoms with E-state index in [2.05, 4.69) is 11.4 Å². The number of likely N-dealkylation sites (N-methyl/N-ethyl adjacent to an activating group) is 1. The van der Waals surface area contributed by atoms with Crippen LogP contribution in [0.4, 0.5) is 0 Å². The fraction of sp³-hybridized carbons (Fsp3) is 0.400. The van der Waals surface area contributed by atoms with Crippen molar-refractivity contribution in [3.63, 3.8) is 0 Å². The monoisotopic (exact) mass is 464 g/mol. The van der Waals surface area contributed by atoms with Gasteiger partial charge in [-0.2, -0.15) is 5.26 Å². The first-order valence-electron chi connectivity index (χ1n) is 11.1. The Balaban J connectivity index is 1.41. The van der Waals surface area contributed by atoms with E-state index in [4.69, 9.17) is 13.9 Å². The van der Waals surface area contributed by atoms with Gasteiger partial charge in [0.05, 0.1) is 24.3 Å². The molecule has 3 aromatic rings. The Labute approximate surface area is 197 Å². The van der Waals surface area contributed by atoms with Crippen LogP contribution in [0.1, 0.15) is 5.56 Å². The molecule has 3 atom stereocenters. The molecule has 0 radical (unpaired) electrons. The molecule has 2 heterocycles. The summed E-state index contributed by atoms with van der Waals surface area (Å²) in [5.74, 6) is -0.697. The molecule has 178 valence electrons. The van der Waals surface area contributed by atoms with Crippen molar-refractivity contribution >= 4 is 17.0 Å². The van der Waals surface area contributed by atoms with E-state index in [0.717, 1.165) is 22.2 Å². The Bertz CT molecular complexity index is 1260. The van der Waals surface area contributed by atoms with Crippen molar-refractivity contribution in [3.05, 3.63) is 58.6 Å². The van der Waals surface area contributed by atoms with Gasteiger partial charge in [-0.3, -0.25) is 9.36 Å². The van der Waals surface area contributed by atoms with Gasteiger partial charge in [0, 0.05) is 33.7 Å². The highest BCUT2D eigenvalue weighted by molar-refractivity contribution is 5.82. The number of aromatic nitrogens is 1. The van der Waals surface area contributed by atoms with E-state index in [1.165, 1.54) is 4.57 Å². The molecule has 1 amide bonds. The van der Waals surface area contributed by atoms with E-state index < -0.39 is 17.9 Å². The quantitative estimate of drug-likeness (QED) is 0.591. The summed E-state index contributed by atoms with van der Waals surface area (Å²) >= 11 is 0. The van der Waals surface area contributed by atoms with Crippen LogP contribution in [0.15, 0.2) is 51.7 Å². The molecule has 34 heavy (non-hydrogen) atoms. The summed E-state index contributed by atoms with van der Waals surface area (Å²) in [5, 5.41) is 12.4. The number of benzene rings is 2. The Morgan fingerprint density at radius 1 is 1.21 bits per heavy atom. The predicted molar refractivity (Wildman–Crippen MR) is 126 cm³/mol. The molecule has 0 aliphatic carbocycles. The average Bonchev–Trinajstić information content (AvgIpc) is 3.00. The van der Waals surface area contributed by atoms with Gasteiger partial charge >= 0.3 is 5.76 Å². The van der Waals surface area contributed by atoms with E-state index in [-0.39, 0.29) is 12.0 Å². The standard InChI is InChI=1S/C25H28N4O5/c1-28-13-20(32-3)15-33-23(14-28)24(30)27-19(12-26)10-16-4-6-17(7-5-16)18-8-9-22-21(11-18)29(2)25(31)34-22/h4-9,11,19-20,23H,10,13-15H2,1-3H3,(H,27,30)/t19-,20+,23-/m0/s1. The van der Waals surface area contributed by atoms with Gasteiger partial charge in [0.25, 0.3) is 5.91 Å². The van der Waals surface area contributed by atoms with Crippen LogP contribution in [0.2, 0.25) is 0 Å². The van der Waals surface area contributed by atoms with Crippen molar-refractivity contribution in [1.29, 1.82) is 5.26 Å². The minimum Gasteiger partial charge on any atom is -0.408 e. The van der Waals surface area contributed by atoms with E-state index in [0.29, 0.717) is 31.7 Å². The van der Waals surface area contributed by atoms with Crippen molar-refractivity contribution in [3.8, 4) is 17.2 Å². The second-order valence-corrected chi connectivity index (χ2v) is 8.60. The summed E-state index contributed by atoms with van der Waals surface area (Å²) in [7, 11) is 5.21. The summed E-state index contributed by atoms with van der Waals surface area (Å²) in [4.78, 5) is 26.5. The average molecular weight is 465 g/mol. The highest BCUT2D eigenvalue weighted by Crippen LogP contribution is 2.24. The molecule has 1 saturated heterocycles. The summed E-state index contributed by atoms with van der Waals surface area (Å²) in [5.41, 5.74) is 4.11. The molecule has 1 aromatic heterocycles. The Morgan fingerprint density at radius 3 is 2.65 bits per heavy atom. The van der Waals surface area contributed by atoms with Crippen LogP contribution in [-0.4, -0.2) is 67.5 Å². The van der Waals surface area contributed by atoms with Crippen molar-refractivity contribution in [2.24, 2.45) is 7.05 Å². The zero-order valence-corrected chi connectivity index (χ0v) is 19.5. The SMILES string of the molecule is CO[C@H]1CO[C@H](C(=O)N[C@H](C#N)Cc2ccc(-c3ccc4oc(=O)n(C)c4c3)cc2)CN(C)C1. The molecule has 1 fully saturated rings. The smallest absolute Gasteiger partial charge is 0.408 e. The molecular formula is C25H28N4O5. The third kappa shape index (κ3) is 5.20. The maximum absolute atomic E-state index is 12.7. The number of carbonyl (C=O) groups excluding carboxylic acids is 1. The van der Waals surface area contributed by atoms with Gasteiger partial charge in [-0.1, -0.05) is 30.3 Å². The topological polar surface area (TPSA) is 110 Å². The maximum Gasteiger partial charge on any atom is 0.419 e. The van der Waals surface area contributed by atoms with Crippen molar-refractivity contribution in [2.75, 3.05) is 33.9 Å². The number of ether oxygens (including phenoxy) is 2. The van der Waals surface area contributed by atoms with Gasteiger partial charge in [-0.05, 0) is 35.9 Å². The van der Waals surface area contributed by atoms with Gasteiger partial charge in [-0.25, -0.2) is 4.79 Å². The second-order valence-electron chi connectivity index (χ2n) is 8.60. The first-order chi connectivity index (χ1) is 16.4. The molecule has 9 nitrogen and oxygen atoms in total. The highest BCUT2D eigenvalue weighted by atomic mass is 16.5. The van der Waals surface area contributed by atoms with Gasteiger partial charge in [0.1, 0.15) is 12.1 Å². The van der Waals surface area contributed by atoms with E-state index in [9.17, 15) is 14.9 Å². The fourth-order valence-electron chi connectivity index (χ4n) is 4.10. The first kappa shape index (κ1) is 23.7. The van der Waals surface area contributed by atoms with Gasteiger partial charge in [0.2, 0.25) is 0 Å². The van der Waals surface area contributed by atoms with Crippen molar-refractivity contribution in [2.45, 2.75) is 24.7 Å². The lowest BCUT2D eigenvalue weighted by molar-refractivity contribution is -0.134. The molecular weight excluding hydrogens is 436 g/mol.